The van der Waals surface area contributed by atoms with E-state index in [0.717, 1.165) is 0 Å². The van der Waals surface area contributed by atoms with Crippen molar-refractivity contribution >= 4 is 18.2 Å². The summed E-state index contributed by atoms with van der Waals surface area (Å²) in [4.78, 5) is 0. The van der Waals surface area contributed by atoms with Gasteiger partial charge in [0.15, 0.2) is 0 Å². The van der Waals surface area contributed by atoms with Crippen LogP contribution < -0.4 is 0 Å². The van der Waals surface area contributed by atoms with Gasteiger partial charge in [-0.05, 0) is 18.9 Å². The van der Waals surface area contributed by atoms with Gasteiger partial charge in [0.2, 0.25) is 0 Å². The van der Waals surface area contributed by atoms with E-state index < -0.39 is 0 Å². The van der Waals surface area contributed by atoms with E-state index >= 15 is 0 Å². The van der Waals surface area contributed by atoms with Crippen molar-refractivity contribution in [2.45, 2.75) is 26.0 Å². The molecule has 0 amide bonds. The van der Waals surface area contributed by atoms with E-state index in [1.165, 1.54) is 0 Å². The summed E-state index contributed by atoms with van der Waals surface area (Å²) in [5.41, 5.74) is 0. The van der Waals surface area contributed by atoms with Gasteiger partial charge in [-0.1, -0.05) is 13.8 Å². The van der Waals surface area contributed by atoms with Crippen molar-refractivity contribution in [3.05, 3.63) is 0 Å². The summed E-state index contributed by atoms with van der Waals surface area (Å²) in [6, 6.07) is 0. The lowest BCUT2D eigenvalue weighted by atomic mass is 10.6. The zero-order valence-electron chi connectivity index (χ0n) is 5.01. The third-order valence-electron chi connectivity index (χ3n) is 0.377. The number of hydrogen-bond donors (Lipinski definition) is 0. The predicted molar refractivity (Wildman–Crippen MR) is 36.9 cm³/mol. The van der Waals surface area contributed by atoms with E-state index in [-0.39, 0.29) is 0 Å². The molecule has 0 aliphatic rings. The summed E-state index contributed by atoms with van der Waals surface area (Å²) in [6.07, 6.45) is 1.81. The minimum absolute atomic E-state index is 0.621. The summed E-state index contributed by atoms with van der Waals surface area (Å²) in [5.74, 6) is 0. The van der Waals surface area contributed by atoms with Gasteiger partial charge in [-0.25, -0.2) is 4.40 Å². The summed E-state index contributed by atoms with van der Waals surface area (Å²) in [5, 5.41) is 0.621. The standard InChI is InChI=1S/C5H11NS/c1-4-6-7-5(2)3/h4-5H,1-3H3/b6-4-. The van der Waals surface area contributed by atoms with Gasteiger partial charge >= 0.3 is 0 Å². The first-order valence-corrected chi connectivity index (χ1v) is 3.25. The molecule has 7 heavy (non-hydrogen) atoms. The third-order valence-corrected chi connectivity index (χ3v) is 1.13. The predicted octanol–water partition coefficient (Wildman–Crippen LogP) is 2.13. The van der Waals surface area contributed by atoms with Crippen LogP contribution in [0, 0.1) is 0 Å². The van der Waals surface area contributed by atoms with Crippen LogP contribution in [-0.2, 0) is 0 Å². The molecular formula is C5H11NS. The number of hydrogen-bond acceptors (Lipinski definition) is 2. The second kappa shape index (κ2) is 4.19. The first-order chi connectivity index (χ1) is 3.27. The second-order valence-corrected chi connectivity index (χ2v) is 2.88. The quantitative estimate of drug-likeness (QED) is 0.398. The van der Waals surface area contributed by atoms with Crippen LogP contribution in [0.4, 0.5) is 0 Å². The molecule has 0 rings (SSSR count). The van der Waals surface area contributed by atoms with E-state index in [2.05, 4.69) is 18.2 Å². The van der Waals surface area contributed by atoms with Crippen molar-refractivity contribution in [3.63, 3.8) is 0 Å². The maximum Gasteiger partial charge on any atom is 0.0210 e. The number of nitrogens with zero attached hydrogens (tertiary/aromatic N) is 1. The van der Waals surface area contributed by atoms with Crippen LogP contribution in [0.25, 0.3) is 0 Å². The molecule has 2 heteroatoms. The molecule has 0 fully saturated rings. The molecule has 0 heterocycles. The molecule has 0 N–H and O–H groups in total. The largest absolute Gasteiger partial charge is 0.229 e. The highest BCUT2D eigenvalue weighted by atomic mass is 32.2. The van der Waals surface area contributed by atoms with Gasteiger partial charge in [-0.3, -0.25) is 0 Å². The van der Waals surface area contributed by atoms with E-state index in [9.17, 15) is 0 Å². The lowest BCUT2D eigenvalue weighted by molar-refractivity contribution is 1.11. The molecule has 0 aromatic rings. The third kappa shape index (κ3) is 6.02. The van der Waals surface area contributed by atoms with Crippen molar-refractivity contribution in [1.82, 2.24) is 0 Å². The van der Waals surface area contributed by atoms with Crippen LogP contribution in [0.5, 0.6) is 0 Å². The maximum atomic E-state index is 3.96. The molecule has 0 aliphatic heterocycles. The van der Waals surface area contributed by atoms with Crippen molar-refractivity contribution in [3.8, 4) is 0 Å². The van der Waals surface area contributed by atoms with E-state index in [1.807, 2.05) is 13.1 Å². The second-order valence-electron chi connectivity index (χ2n) is 1.52. The monoisotopic (exact) mass is 117 g/mol. The summed E-state index contributed by atoms with van der Waals surface area (Å²) >= 11 is 1.60. The SMILES string of the molecule is C/C=N\SC(C)C. The first-order valence-electron chi connectivity index (χ1n) is 2.41. The average molecular weight is 117 g/mol. The van der Waals surface area contributed by atoms with Gasteiger partial charge in [0.25, 0.3) is 0 Å². The van der Waals surface area contributed by atoms with Gasteiger partial charge in [0.1, 0.15) is 0 Å². The Morgan fingerprint density at radius 3 is 2.29 bits per heavy atom. The smallest absolute Gasteiger partial charge is 0.0210 e. The van der Waals surface area contributed by atoms with Gasteiger partial charge in [-0.15, -0.1) is 0 Å². The molecule has 0 saturated heterocycles. The molecule has 0 radical (unpaired) electrons. The Morgan fingerprint density at radius 1 is 1.57 bits per heavy atom. The summed E-state index contributed by atoms with van der Waals surface area (Å²) in [7, 11) is 0. The molecule has 0 spiro atoms. The fraction of sp³-hybridized carbons (Fsp3) is 0.800. The lowest BCUT2D eigenvalue weighted by Crippen LogP contribution is -1.80. The van der Waals surface area contributed by atoms with Gasteiger partial charge < -0.3 is 0 Å². The Hall–Kier alpha value is 0.0200. The molecule has 1 nitrogen and oxygen atoms in total. The van der Waals surface area contributed by atoms with Crippen LogP contribution in [0.1, 0.15) is 20.8 Å². The minimum atomic E-state index is 0.621. The average Bonchev–Trinajstić information content (AvgIpc) is 1.61. The van der Waals surface area contributed by atoms with Crippen LogP contribution in [0.15, 0.2) is 4.40 Å². The zero-order valence-corrected chi connectivity index (χ0v) is 5.83. The van der Waals surface area contributed by atoms with Crippen LogP contribution in [0.3, 0.4) is 0 Å². The molecule has 0 aromatic heterocycles. The Morgan fingerprint density at radius 2 is 2.14 bits per heavy atom. The van der Waals surface area contributed by atoms with E-state index in [4.69, 9.17) is 0 Å². The van der Waals surface area contributed by atoms with Crippen molar-refractivity contribution in [2.24, 2.45) is 4.40 Å². The number of rotatable bonds is 2. The van der Waals surface area contributed by atoms with Gasteiger partial charge in [-0.2, -0.15) is 0 Å². The Bertz CT molecular complexity index is 59.1. The fourth-order valence-electron chi connectivity index (χ4n) is 0.183. The Kier molecular flexibility index (Phi) is 4.20. The van der Waals surface area contributed by atoms with E-state index in [1.54, 1.807) is 11.9 Å². The fourth-order valence-corrected chi connectivity index (χ4v) is 0.548. The van der Waals surface area contributed by atoms with Gasteiger partial charge in [0, 0.05) is 11.5 Å². The minimum Gasteiger partial charge on any atom is -0.229 e. The molecule has 0 aromatic carbocycles. The molecule has 0 saturated carbocycles. The summed E-state index contributed by atoms with van der Waals surface area (Å²) < 4.78 is 3.96. The first kappa shape index (κ1) is 7.02. The molecular weight excluding hydrogens is 106 g/mol. The molecule has 0 bridgehead atoms. The highest BCUT2D eigenvalue weighted by Crippen LogP contribution is 2.08. The zero-order chi connectivity index (χ0) is 5.70. The highest BCUT2D eigenvalue weighted by Gasteiger charge is 1.85. The maximum absolute atomic E-state index is 3.96. The van der Waals surface area contributed by atoms with Crippen molar-refractivity contribution in [2.75, 3.05) is 0 Å². The molecule has 0 unspecified atom stereocenters. The highest BCUT2D eigenvalue weighted by molar-refractivity contribution is 7.98. The van der Waals surface area contributed by atoms with E-state index in [0.29, 0.717) is 5.25 Å². The molecule has 42 valence electrons. The topological polar surface area (TPSA) is 12.4 Å². The summed E-state index contributed by atoms with van der Waals surface area (Å²) in [6.45, 7) is 6.17. The Balaban J connectivity index is 2.97. The molecule has 0 aliphatic carbocycles. The van der Waals surface area contributed by atoms with Crippen LogP contribution in [-0.4, -0.2) is 11.5 Å². The Labute approximate surface area is 49.4 Å². The molecule has 0 atom stereocenters. The van der Waals surface area contributed by atoms with Crippen molar-refractivity contribution < 1.29 is 0 Å². The van der Waals surface area contributed by atoms with Crippen LogP contribution >= 0.6 is 11.9 Å². The normalized spacial score (nSPS) is 11.4. The van der Waals surface area contributed by atoms with Gasteiger partial charge in [0.05, 0.1) is 0 Å². The lowest BCUT2D eigenvalue weighted by Gasteiger charge is -1.92. The van der Waals surface area contributed by atoms with Crippen molar-refractivity contribution in [1.29, 1.82) is 0 Å². The van der Waals surface area contributed by atoms with Crippen LogP contribution in [0.2, 0.25) is 0 Å².